The second-order valence-electron chi connectivity index (χ2n) is 3.48. The summed E-state index contributed by atoms with van der Waals surface area (Å²) >= 11 is 0. The number of esters is 1. The fourth-order valence-corrected chi connectivity index (χ4v) is 1.51. The number of aryl methyl sites for hydroxylation is 1. The van der Waals surface area contributed by atoms with Crippen LogP contribution in [-0.2, 0) is 9.53 Å². The summed E-state index contributed by atoms with van der Waals surface area (Å²) in [7, 11) is 0. The first kappa shape index (κ1) is 11.3. The molecule has 5 nitrogen and oxygen atoms in total. The predicted octanol–water partition coefficient (Wildman–Crippen LogP) is 1.61. The summed E-state index contributed by atoms with van der Waals surface area (Å²) in [5.74, 6) is 0.340. The van der Waals surface area contributed by atoms with Crippen molar-refractivity contribution < 1.29 is 9.53 Å². The minimum atomic E-state index is -0.356. The highest BCUT2D eigenvalue weighted by Crippen LogP contribution is 2.10. The molecule has 0 aliphatic heterocycles. The molecule has 88 valence electrons. The Balaban J connectivity index is 2.32. The normalized spacial score (nSPS) is 11.2. The zero-order valence-electron chi connectivity index (χ0n) is 9.75. The summed E-state index contributed by atoms with van der Waals surface area (Å²) in [6.07, 6.45) is 4.89. The summed E-state index contributed by atoms with van der Waals surface area (Å²) in [5, 5.41) is 4.19. The molecule has 0 atom stereocenters. The SMILES string of the molecule is CCOC(=O)/C=C/c1cccn2nc(C)nc12. The van der Waals surface area contributed by atoms with Gasteiger partial charge < -0.3 is 4.74 Å². The highest BCUT2D eigenvalue weighted by Gasteiger charge is 2.03. The Kier molecular flexibility index (Phi) is 3.18. The molecule has 2 rings (SSSR count). The molecule has 0 unspecified atom stereocenters. The van der Waals surface area contributed by atoms with E-state index in [4.69, 9.17) is 4.74 Å². The van der Waals surface area contributed by atoms with Crippen LogP contribution in [0.4, 0.5) is 0 Å². The first-order chi connectivity index (χ1) is 8.20. The first-order valence-corrected chi connectivity index (χ1v) is 5.37. The lowest BCUT2D eigenvalue weighted by molar-refractivity contribution is -0.137. The van der Waals surface area contributed by atoms with E-state index in [9.17, 15) is 4.79 Å². The fraction of sp³-hybridized carbons (Fsp3) is 0.250. The zero-order chi connectivity index (χ0) is 12.3. The largest absolute Gasteiger partial charge is 0.463 e. The van der Waals surface area contributed by atoms with Crippen molar-refractivity contribution in [3.8, 4) is 0 Å². The molecule has 0 N–H and O–H groups in total. The number of fused-ring (bicyclic) bond motifs is 1. The summed E-state index contributed by atoms with van der Waals surface area (Å²) in [5.41, 5.74) is 1.56. The lowest BCUT2D eigenvalue weighted by Crippen LogP contribution is -1.98. The van der Waals surface area contributed by atoms with Gasteiger partial charge in [0.05, 0.1) is 6.61 Å². The molecule has 2 heterocycles. The Morgan fingerprint density at radius 1 is 1.59 bits per heavy atom. The fourth-order valence-electron chi connectivity index (χ4n) is 1.51. The molecule has 2 aromatic rings. The highest BCUT2D eigenvalue weighted by atomic mass is 16.5. The molecule has 0 aliphatic rings. The Morgan fingerprint density at radius 3 is 3.18 bits per heavy atom. The van der Waals surface area contributed by atoms with Crippen molar-refractivity contribution in [1.82, 2.24) is 14.6 Å². The van der Waals surface area contributed by atoms with Crippen LogP contribution in [0.2, 0.25) is 0 Å². The minimum Gasteiger partial charge on any atom is -0.463 e. The smallest absolute Gasteiger partial charge is 0.330 e. The van der Waals surface area contributed by atoms with Gasteiger partial charge in [0.2, 0.25) is 0 Å². The van der Waals surface area contributed by atoms with Gasteiger partial charge in [0.15, 0.2) is 5.65 Å². The van der Waals surface area contributed by atoms with E-state index in [0.29, 0.717) is 12.4 Å². The van der Waals surface area contributed by atoms with Crippen LogP contribution in [0.15, 0.2) is 24.4 Å². The molecule has 0 saturated heterocycles. The van der Waals surface area contributed by atoms with Crippen molar-refractivity contribution >= 4 is 17.7 Å². The zero-order valence-corrected chi connectivity index (χ0v) is 9.75. The number of aromatic nitrogens is 3. The quantitative estimate of drug-likeness (QED) is 0.595. The lowest BCUT2D eigenvalue weighted by Gasteiger charge is -1.97. The van der Waals surface area contributed by atoms with E-state index in [1.165, 1.54) is 6.08 Å². The molecule has 17 heavy (non-hydrogen) atoms. The van der Waals surface area contributed by atoms with E-state index >= 15 is 0 Å². The van der Waals surface area contributed by atoms with E-state index in [1.54, 1.807) is 17.5 Å². The lowest BCUT2D eigenvalue weighted by atomic mass is 10.2. The van der Waals surface area contributed by atoms with Gasteiger partial charge in [-0.2, -0.15) is 5.10 Å². The van der Waals surface area contributed by atoms with Crippen LogP contribution in [0.25, 0.3) is 11.7 Å². The number of hydrogen-bond acceptors (Lipinski definition) is 4. The van der Waals surface area contributed by atoms with Gasteiger partial charge in [-0.1, -0.05) is 0 Å². The van der Waals surface area contributed by atoms with Gasteiger partial charge in [0, 0.05) is 17.8 Å². The number of ether oxygens (including phenoxy) is 1. The van der Waals surface area contributed by atoms with E-state index in [0.717, 1.165) is 11.2 Å². The second kappa shape index (κ2) is 4.78. The molecule has 0 fully saturated rings. The molecule has 0 spiro atoms. The van der Waals surface area contributed by atoms with Gasteiger partial charge >= 0.3 is 5.97 Å². The standard InChI is InChI=1S/C12H13N3O2/c1-3-17-11(16)7-6-10-5-4-8-15-12(10)13-9(2)14-15/h4-8H,3H2,1-2H3/b7-6+. The Hall–Kier alpha value is -2.17. The van der Waals surface area contributed by atoms with Crippen LogP contribution >= 0.6 is 0 Å². The van der Waals surface area contributed by atoms with Crippen molar-refractivity contribution in [3.63, 3.8) is 0 Å². The summed E-state index contributed by atoms with van der Waals surface area (Å²) in [6.45, 7) is 3.97. The van der Waals surface area contributed by atoms with Crippen LogP contribution in [0.5, 0.6) is 0 Å². The van der Waals surface area contributed by atoms with Crippen molar-refractivity contribution in [2.75, 3.05) is 6.61 Å². The van der Waals surface area contributed by atoms with Crippen LogP contribution in [0, 0.1) is 6.92 Å². The van der Waals surface area contributed by atoms with E-state index in [1.807, 2.05) is 25.3 Å². The molecule has 0 aromatic carbocycles. The molecule has 0 saturated carbocycles. The second-order valence-corrected chi connectivity index (χ2v) is 3.48. The topological polar surface area (TPSA) is 56.5 Å². The monoisotopic (exact) mass is 231 g/mol. The average Bonchev–Trinajstić information content (AvgIpc) is 2.67. The van der Waals surface area contributed by atoms with Crippen LogP contribution in [-0.4, -0.2) is 27.2 Å². The maximum atomic E-state index is 11.2. The maximum Gasteiger partial charge on any atom is 0.330 e. The van der Waals surface area contributed by atoms with Crippen LogP contribution in [0.3, 0.4) is 0 Å². The Labute approximate surface area is 98.7 Å². The van der Waals surface area contributed by atoms with Gasteiger partial charge in [0.1, 0.15) is 5.82 Å². The number of pyridine rings is 1. The third-order valence-corrected chi connectivity index (χ3v) is 2.18. The van der Waals surface area contributed by atoms with E-state index < -0.39 is 0 Å². The average molecular weight is 231 g/mol. The number of hydrogen-bond donors (Lipinski definition) is 0. The molecule has 0 amide bonds. The Morgan fingerprint density at radius 2 is 2.41 bits per heavy atom. The van der Waals surface area contributed by atoms with Crippen molar-refractivity contribution in [2.24, 2.45) is 0 Å². The molecule has 0 radical (unpaired) electrons. The summed E-state index contributed by atoms with van der Waals surface area (Å²) in [4.78, 5) is 15.5. The minimum absolute atomic E-state index is 0.356. The van der Waals surface area contributed by atoms with Crippen LogP contribution in [0.1, 0.15) is 18.3 Å². The molecular formula is C12H13N3O2. The van der Waals surface area contributed by atoms with Crippen molar-refractivity contribution in [1.29, 1.82) is 0 Å². The highest BCUT2D eigenvalue weighted by molar-refractivity contribution is 5.88. The third-order valence-electron chi connectivity index (χ3n) is 2.18. The molecule has 5 heteroatoms. The van der Waals surface area contributed by atoms with E-state index in [-0.39, 0.29) is 5.97 Å². The van der Waals surface area contributed by atoms with Gasteiger partial charge in [-0.25, -0.2) is 14.3 Å². The Bertz CT molecular complexity index is 572. The first-order valence-electron chi connectivity index (χ1n) is 5.37. The maximum absolute atomic E-state index is 11.2. The number of nitrogens with zero attached hydrogens (tertiary/aromatic N) is 3. The number of carbonyl (C=O) groups excluding carboxylic acids is 1. The van der Waals surface area contributed by atoms with Crippen molar-refractivity contribution in [2.45, 2.75) is 13.8 Å². The molecule has 0 bridgehead atoms. The molecular weight excluding hydrogens is 218 g/mol. The third kappa shape index (κ3) is 2.50. The van der Waals surface area contributed by atoms with Crippen molar-refractivity contribution in [3.05, 3.63) is 35.8 Å². The number of carbonyl (C=O) groups is 1. The summed E-state index contributed by atoms with van der Waals surface area (Å²) < 4.78 is 6.49. The van der Waals surface area contributed by atoms with Gasteiger partial charge in [0.25, 0.3) is 0 Å². The molecule has 0 aliphatic carbocycles. The van der Waals surface area contributed by atoms with E-state index in [2.05, 4.69) is 10.1 Å². The van der Waals surface area contributed by atoms with Gasteiger partial charge in [-0.3, -0.25) is 0 Å². The van der Waals surface area contributed by atoms with Gasteiger partial charge in [-0.15, -0.1) is 0 Å². The van der Waals surface area contributed by atoms with Gasteiger partial charge in [-0.05, 0) is 32.1 Å². The molecule has 2 aromatic heterocycles. The predicted molar refractivity (Wildman–Crippen MR) is 63.4 cm³/mol. The van der Waals surface area contributed by atoms with Crippen LogP contribution < -0.4 is 0 Å². The number of rotatable bonds is 3. The summed E-state index contributed by atoms with van der Waals surface area (Å²) in [6, 6.07) is 3.73.